The number of benzene rings is 1. The second-order valence-corrected chi connectivity index (χ2v) is 5.43. The van der Waals surface area contributed by atoms with Crippen molar-refractivity contribution in [3.8, 4) is 5.75 Å². The molecule has 1 aromatic rings. The van der Waals surface area contributed by atoms with Gasteiger partial charge < -0.3 is 9.64 Å². The molecule has 2 aliphatic rings. The van der Waals surface area contributed by atoms with E-state index in [1.807, 2.05) is 18.2 Å². The van der Waals surface area contributed by atoms with Crippen molar-refractivity contribution in [1.29, 1.82) is 0 Å². The molecule has 0 radical (unpaired) electrons. The molecule has 1 atom stereocenters. The highest BCUT2D eigenvalue weighted by Crippen LogP contribution is 2.47. The molecule has 104 valence electrons. The van der Waals surface area contributed by atoms with Crippen molar-refractivity contribution < 1.29 is 14.3 Å². The van der Waals surface area contributed by atoms with Crippen molar-refractivity contribution in [2.24, 2.45) is 4.99 Å². The smallest absolute Gasteiger partial charge is 0.267 e. The second kappa shape index (κ2) is 4.46. The lowest BCUT2D eigenvalue weighted by molar-refractivity contribution is -0.125. The molecule has 3 rings (SSSR count). The van der Waals surface area contributed by atoms with E-state index in [0.29, 0.717) is 5.75 Å². The average molecular weight is 272 g/mol. The zero-order valence-electron chi connectivity index (χ0n) is 11.5. The molecule has 1 aromatic carbocycles. The standard InChI is InChI=1S/C15H16N2O3/c1-10-14(19)17(2)12-8-11(4-5-13(12)20-10)15(16-9-18)6-3-7-15/h4-5,8,10H,3,6-7H2,1-2H3. The summed E-state index contributed by atoms with van der Waals surface area (Å²) in [5.74, 6) is 0.615. The number of rotatable bonds is 2. The van der Waals surface area contributed by atoms with E-state index in [4.69, 9.17) is 4.74 Å². The summed E-state index contributed by atoms with van der Waals surface area (Å²) in [6, 6.07) is 5.68. The number of fused-ring (bicyclic) bond motifs is 1. The third-order valence-corrected chi connectivity index (χ3v) is 4.28. The van der Waals surface area contributed by atoms with Crippen molar-refractivity contribution in [3.63, 3.8) is 0 Å². The fourth-order valence-corrected chi connectivity index (χ4v) is 2.86. The van der Waals surface area contributed by atoms with Crippen LogP contribution in [0.25, 0.3) is 0 Å². The number of nitrogens with zero attached hydrogens (tertiary/aromatic N) is 2. The molecule has 1 heterocycles. The highest BCUT2D eigenvalue weighted by molar-refractivity contribution is 5.99. The van der Waals surface area contributed by atoms with Crippen molar-refractivity contribution in [3.05, 3.63) is 23.8 Å². The fourth-order valence-electron chi connectivity index (χ4n) is 2.86. The van der Waals surface area contributed by atoms with Crippen LogP contribution < -0.4 is 9.64 Å². The van der Waals surface area contributed by atoms with Crippen molar-refractivity contribution in [2.75, 3.05) is 11.9 Å². The van der Waals surface area contributed by atoms with Gasteiger partial charge in [-0.15, -0.1) is 0 Å². The second-order valence-electron chi connectivity index (χ2n) is 5.43. The number of hydrogen-bond donors (Lipinski definition) is 0. The first-order chi connectivity index (χ1) is 9.57. The van der Waals surface area contributed by atoms with E-state index >= 15 is 0 Å². The Labute approximate surface area is 117 Å². The van der Waals surface area contributed by atoms with Crippen LogP contribution in [0, 0.1) is 0 Å². The van der Waals surface area contributed by atoms with Crippen LogP contribution in [0.5, 0.6) is 5.75 Å². The third-order valence-electron chi connectivity index (χ3n) is 4.28. The summed E-state index contributed by atoms with van der Waals surface area (Å²) in [6.45, 7) is 1.74. The monoisotopic (exact) mass is 272 g/mol. The van der Waals surface area contributed by atoms with Gasteiger partial charge in [-0.1, -0.05) is 6.07 Å². The predicted molar refractivity (Wildman–Crippen MR) is 73.6 cm³/mol. The minimum Gasteiger partial charge on any atom is -0.479 e. The number of amides is 1. The zero-order chi connectivity index (χ0) is 14.3. The van der Waals surface area contributed by atoms with Gasteiger partial charge in [0.2, 0.25) is 6.08 Å². The summed E-state index contributed by atoms with van der Waals surface area (Å²) in [4.78, 5) is 28.2. The van der Waals surface area contributed by atoms with Gasteiger partial charge in [-0.05, 0) is 43.9 Å². The molecule has 1 saturated carbocycles. The lowest BCUT2D eigenvalue weighted by Gasteiger charge is -2.38. The van der Waals surface area contributed by atoms with Crippen LogP contribution >= 0.6 is 0 Å². The topological polar surface area (TPSA) is 59.0 Å². The maximum atomic E-state index is 12.0. The van der Waals surface area contributed by atoms with Crippen molar-refractivity contribution >= 4 is 17.7 Å². The largest absolute Gasteiger partial charge is 0.479 e. The van der Waals surface area contributed by atoms with Crippen molar-refractivity contribution in [2.45, 2.75) is 37.8 Å². The van der Waals surface area contributed by atoms with Gasteiger partial charge in [0.05, 0.1) is 11.2 Å². The molecule has 0 bridgehead atoms. The number of hydrogen-bond acceptors (Lipinski definition) is 4. The fraction of sp³-hybridized carbons (Fsp3) is 0.467. The molecule has 0 saturated heterocycles. The minimum atomic E-state index is -0.469. The molecule has 5 heteroatoms. The van der Waals surface area contributed by atoms with Gasteiger partial charge in [0.15, 0.2) is 6.10 Å². The maximum absolute atomic E-state index is 12.0. The normalized spacial score (nSPS) is 23.2. The van der Waals surface area contributed by atoms with E-state index in [1.165, 1.54) is 0 Å². The number of ether oxygens (including phenoxy) is 1. The Hall–Kier alpha value is -2.13. The Bertz CT molecular complexity index is 616. The molecule has 0 N–H and O–H groups in total. The predicted octanol–water partition coefficient (Wildman–Crippen LogP) is 2.15. The van der Waals surface area contributed by atoms with E-state index < -0.39 is 11.6 Å². The zero-order valence-corrected chi connectivity index (χ0v) is 11.5. The van der Waals surface area contributed by atoms with Crippen molar-refractivity contribution in [1.82, 2.24) is 0 Å². The van der Waals surface area contributed by atoms with Gasteiger partial charge in [-0.25, -0.2) is 4.79 Å². The van der Waals surface area contributed by atoms with Gasteiger partial charge in [0.25, 0.3) is 5.91 Å². The summed E-state index contributed by atoms with van der Waals surface area (Å²) in [5.41, 5.74) is 1.23. The van der Waals surface area contributed by atoms with Gasteiger partial charge >= 0.3 is 0 Å². The SMILES string of the molecule is CC1Oc2ccc(C3(N=C=O)CCC3)cc2N(C)C1=O. The van der Waals surface area contributed by atoms with Crippen LogP contribution in [0.2, 0.25) is 0 Å². The molecule has 1 fully saturated rings. The molecule has 1 aliphatic carbocycles. The lowest BCUT2D eigenvalue weighted by Crippen LogP contribution is -2.42. The van der Waals surface area contributed by atoms with E-state index in [2.05, 4.69) is 4.99 Å². The van der Waals surface area contributed by atoms with Gasteiger partial charge in [0, 0.05) is 7.05 Å². The first kappa shape index (κ1) is 12.9. The van der Waals surface area contributed by atoms with E-state index in [0.717, 1.165) is 30.5 Å². The molecule has 0 aromatic heterocycles. The summed E-state index contributed by atoms with van der Waals surface area (Å²) < 4.78 is 5.59. The molecule has 1 unspecified atom stereocenters. The number of aliphatic imine (C=N–C) groups is 1. The number of carbonyl (C=O) groups is 1. The van der Waals surface area contributed by atoms with Crippen LogP contribution in [0.4, 0.5) is 5.69 Å². The Morgan fingerprint density at radius 1 is 1.45 bits per heavy atom. The first-order valence-corrected chi connectivity index (χ1v) is 6.75. The van der Waals surface area contributed by atoms with Gasteiger partial charge in [-0.3, -0.25) is 4.79 Å². The number of anilines is 1. The molecule has 20 heavy (non-hydrogen) atoms. The van der Waals surface area contributed by atoms with Crippen LogP contribution in [-0.2, 0) is 15.1 Å². The Balaban J connectivity index is 2.05. The van der Waals surface area contributed by atoms with Crippen LogP contribution in [0.15, 0.2) is 23.2 Å². The number of isocyanates is 1. The Morgan fingerprint density at radius 2 is 2.20 bits per heavy atom. The van der Waals surface area contributed by atoms with Gasteiger partial charge in [-0.2, -0.15) is 4.99 Å². The Kier molecular flexibility index (Phi) is 2.87. The first-order valence-electron chi connectivity index (χ1n) is 6.75. The molecular weight excluding hydrogens is 256 g/mol. The summed E-state index contributed by atoms with van der Waals surface area (Å²) in [5, 5.41) is 0. The number of likely N-dealkylation sites (N-methyl/N-ethyl adjacent to an activating group) is 1. The summed E-state index contributed by atoms with van der Waals surface area (Å²) in [7, 11) is 1.74. The molecule has 5 nitrogen and oxygen atoms in total. The van der Waals surface area contributed by atoms with Crippen LogP contribution in [0.1, 0.15) is 31.7 Å². The quantitative estimate of drug-likeness (QED) is 0.612. The highest BCUT2D eigenvalue weighted by Gasteiger charge is 2.40. The highest BCUT2D eigenvalue weighted by atomic mass is 16.5. The maximum Gasteiger partial charge on any atom is 0.267 e. The molecule has 1 amide bonds. The minimum absolute atomic E-state index is 0.0730. The summed E-state index contributed by atoms with van der Waals surface area (Å²) >= 11 is 0. The van der Waals surface area contributed by atoms with Crippen LogP contribution in [0.3, 0.4) is 0 Å². The van der Waals surface area contributed by atoms with Gasteiger partial charge in [0.1, 0.15) is 5.75 Å². The summed E-state index contributed by atoms with van der Waals surface area (Å²) in [6.07, 6.45) is 3.94. The number of carbonyl (C=O) groups excluding carboxylic acids is 2. The van der Waals surface area contributed by atoms with E-state index in [-0.39, 0.29) is 5.91 Å². The van der Waals surface area contributed by atoms with E-state index in [1.54, 1.807) is 25.0 Å². The molecular formula is C15H16N2O3. The third kappa shape index (κ3) is 1.74. The van der Waals surface area contributed by atoms with E-state index in [9.17, 15) is 9.59 Å². The molecule has 1 aliphatic heterocycles. The average Bonchev–Trinajstić information content (AvgIpc) is 2.40. The lowest BCUT2D eigenvalue weighted by atomic mass is 9.72. The Morgan fingerprint density at radius 3 is 2.80 bits per heavy atom. The molecule has 0 spiro atoms. The van der Waals surface area contributed by atoms with Crippen LogP contribution in [-0.4, -0.2) is 25.1 Å².